The molecule has 3 saturated heterocycles. The van der Waals surface area contributed by atoms with Gasteiger partial charge in [0.05, 0.1) is 56.7 Å². The van der Waals surface area contributed by atoms with Crippen molar-refractivity contribution in [2.45, 2.75) is 116 Å². The number of nitrogens with one attached hydrogen (secondary N) is 6. The molecule has 1 aromatic heterocycles. The van der Waals surface area contributed by atoms with E-state index in [9.17, 15) is 46.2 Å². The van der Waals surface area contributed by atoms with Gasteiger partial charge in [0.1, 0.15) is 17.9 Å². The third-order valence-corrected chi connectivity index (χ3v) is 13.7. The molecule has 0 spiro atoms. The first-order chi connectivity index (χ1) is 35.9. The Hall–Kier alpha value is -6.87. The molecule has 6 atom stereocenters. The molecule has 23 heteroatoms. The number of fused-ring (bicyclic) bond motifs is 2. The number of nitrogens with zero attached hydrogens (tertiary/aromatic N) is 4. The van der Waals surface area contributed by atoms with Gasteiger partial charge < -0.3 is 50.9 Å². The number of carbonyl (C=O) groups is 4. The summed E-state index contributed by atoms with van der Waals surface area (Å²) in [6, 6.07) is 13.4. The minimum absolute atomic E-state index is 0.108. The van der Waals surface area contributed by atoms with E-state index in [1.54, 1.807) is 68.7 Å². The number of benzene rings is 2. The van der Waals surface area contributed by atoms with Gasteiger partial charge in [-0.15, -0.1) is 0 Å². The van der Waals surface area contributed by atoms with Crippen LogP contribution in [0.25, 0.3) is 0 Å². The van der Waals surface area contributed by atoms with Crippen LogP contribution in [0.1, 0.15) is 75.3 Å². The molecule has 0 radical (unpaired) electrons. The van der Waals surface area contributed by atoms with E-state index in [1.807, 2.05) is 17.4 Å². The van der Waals surface area contributed by atoms with Gasteiger partial charge in [-0.2, -0.15) is 22.0 Å². The van der Waals surface area contributed by atoms with E-state index < -0.39 is 78.3 Å². The number of hydrogen-bond donors (Lipinski definition) is 7. The number of hydrogen-bond acceptors (Lipinski definition) is 14. The Balaban J connectivity index is 1.25. The van der Waals surface area contributed by atoms with Gasteiger partial charge in [0, 0.05) is 61.8 Å². The van der Waals surface area contributed by atoms with Crippen molar-refractivity contribution in [3.63, 3.8) is 0 Å². The minimum atomic E-state index is -5.02. The first kappa shape index (κ1) is 58.4. The quantitative estimate of drug-likeness (QED) is 0.0254. The third kappa shape index (κ3) is 15.4. The highest BCUT2D eigenvalue weighted by atomic mass is 19.4. The molecule has 412 valence electrons. The number of pyridine rings is 1. The summed E-state index contributed by atoms with van der Waals surface area (Å²) in [7, 11) is 2.04. The number of ether oxygens (including phenoxy) is 3. The molecule has 0 aliphatic carbocycles. The molecular weight excluding hydrogens is 1000 g/mol. The van der Waals surface area contributed by atoms with E-state index in [1.165, 1.54) is 17.1 Å². The number of halogens is 5. The summed E-state index contributed by atoms with van der Waals surface area (Å²) in [6.07, 6.45) is -3.01. The fourth-order valence-corrected chi connectivity index (χ4v) is 9.23. The number of anilines is 1. The molecule has 3 aliphatic rings. The zero-order chi connectivity index (χ0) is 55.5. The van der Waals surface area contributed by atoms with Gasteiger partial charge in [0.25, 0.3) is 5.91 Å². The number of alkyl carbamates (subject to hydrolysis) is 2. The fourth-order valence-electron chi connectivity index (χ4n) is 9.23. The third-order valence-electron chi connectivity index (χ3n) is 13.7. The second kappa shape index (κ2) is 25.3. The summed E-state index contributed by atoms with van der Waals surface area (Å²) in [5, 5.41) is 30.5. The van der Waals surface area contributed by atoms with Crippen molar-refractivity contribution in [1.82, 2.24) is 41.6 Å². The van der Waals surface area contributed by atoms with E-state index in [-0.39, 0.29) is 18.7 Å². The van der Waals surface area contributed by atoms with Crippen molar-refractivity contribution >= 4 is 35.5 Å². The topological polar surface area (TPSA) is 223 Å². The number of methoxy groups -OCH3 is 2. The highest BCUT2D eigenvalue weighted by Crippen LogP contribution is 2.41. The lowest BCUT2D eigenvalue weighted by atomic mass is 9.82. The van der Waals surface area contributed by atoms with E-state index in [0.29, 0.717) is 45.9 Å². The van der Waals surface area contributed by atoms with Crippen LogP contribution in [0.2, 0.25) is 0 Å². The lowest BCUT2D eigenvalue weighted by Gasteiger charge is -2.47. The largest absolute Gasteiger partial charge is 0.453 e. The van der Waals surface area contributed by atoms with Crippen LogP contribution >= 0.6 is 0 Å². The number of rotatable bonds is 20. The SMILES string of the molecule is COC(=O)NC(C(=O)N[C@@H](Cc1ccc(C#Cc2ccc(N3CC4CCC(C3)N4C3COC3)nc2)cc1)[C@@H](O)CN(Cc1ccc(C(=N)/C=C\NC(F)F)cc1)NC(=O)[C@@H](NC(=O)OC)C(C)(C)C)C(C)(C)C(F)(F)F. The molecule has 76 heavy (non-hydrogen) atoms. The smallest absolute Gasteiger partial charge is 0.407 e. The number of aliphatic hydroxyl groups is 1. The van der Waals surface area contributed by atoms with Gasteiger partial charge in [0.15, 0.2) is 0 Å². The number of aromatic nitrogens is 1. The molecule has 3 aromatic rings. The maximum atomic E-state index is 14.6. The Morgan fingerprint density at radius 1 is 0.829 bits per heavy atom. The van der Waals surface area contributed by atoms with Crippen LogP contribution in [-0.2, 0) is 36.8 Å². The summed E-state index contributed by atoms with van der Waals surface area (Å²) >= 11 is 0. The summed E-state index contributed by atoms with van der Waals surface area (Å²) < 4.78 is 83.7. The zero-order valence-electron chi connectivity index (χ0n) is 43.5. The lowest BCUT2D eigenvalue weighted by molar-refractivity contribution is -0.220. The highest BCUT2D eigenvalue weighted by Gasteiger charge is 2.56. The molecule has 3 unspecified atom stereocenters. The van der Waals surface area contributed by atoms with E-state index in [4.69, 9.17) is 19.9 Å². The number of amides is 4. The average Bonchev–Trinajstić information content (AvgIpc) is 3.58. The summed E-state index contributed by atoms with van der Waals surface area (Å²) in [5.74, 6) is 5.08. The highest BCUT2D eigenvalue weighted by molar-refractivity contribution is 6.06. The standard InChI is InChI=1S/C53H67F5N10O8/c1-51(2,3)44(63-49(72)74-6)47(71)65-67(26-35-14-17-36(18-15-35)40(59)22-23-60-48(54)55)29-42(69)41(62-46(70)45(64-50(73)75-7)52(4,5)53(56,57)58)24-33-11-8-32(9-12-33)10-13-34-16-21-43(61-25-34)66-27-37-19-20-38(28-66)68(37)39-30-76-31-39/h8-9,11-12,14-18,21-23,25,37-39,41-42,44-45,48,59-60,69H,19-20,24,26-31H2,1-7H3,(H,62,70)(H,63,72)(H,64,73)(H,65,71)/b23-22-,59-40?/t37?,38?,41-,42-,44+,45?/m0/s1. The predicted molar refractivity (Wildman–Crippen MR) is 272 cm³/mol. The van der Waals surface area contributed by atoms with Crippen LogP contribution in [0, 0.1) is 28.1 Å². The Morgan fingerprint density at radius 3 is 1.93 bits per heavy atom. The van der Waals surface area contributed by atoms with Crippen molar-refractivity contribution < 1.29 is 60.4 Å². The van der Waals surface area contributed by atoms with Crippen molar-refractivity contribution in [1.29, 1.82) is 5.41 Å². The number of alkyl halides is 5. The average molecular weight is 1070 g/mol. The molecule has 0 saturated carbocycles. The van der Waals surface area contributed by atoms with Gasteiger partial charge in [-0.3, -0.25) is 19.9 Å². The summed E-state index contributed by atoms with van der Waals surface area (Å²) in [4.78, 5) is 62.7. The summed E-state index contributed by atoms with van der Waals surface area (Å²) in [5.41, 5.74) is 1.48. The van der Waals surface area contributed by atoms with Gasteiger partial charge in [-0.25, -0.2) is 19.6 Å². The van der Waals surface area contributed by atoms with Crippen LogP contribution in [0.15, 0.2) is 79.1 Å². The number of carbonyl (C=O) groups excluding carboxylic acids is 4. The number of hydrazine groups is 1. The first-order valence-electron chi connectivity index (χ1n) is 24.7. The Kier molecular flexibility index (Phi) is 19.4. The van der Waals surface area contributed by atoms with Crippen molar-refractivity contribution in [3.8, 4) is 11.8 Å². The van der Waals surface area contributed by atoms with Crippen LogP contribution in [0.4, 0.5) is 37.4 Å². The monoisotopic (exact) mass is 1070 g/mol. The predicted octanol–water partition coefficient (Wildman–Crippen LogP) is 5.23. The second-order valence-corrected chi connectivity index (χ2v) is 20.7. The zero-order valence-corrected chi connectivity index (χ0v) is 43.5. The van der Waals surface area contributed by atoms with E-state index >= 15 is 0 Å². The molecule has 3 aliphatic heterocycles. The molecule has 3 fully saturated rings. The molecular formula is C53H67F5N10O8. The minimum Gasteiger partial charge on any atom is -0.453 e. The molecule has 4 heterocycles. The Bertz CT molecular complexity index is 2570. The molecule has 6 rings (SSSR count). The van der Waals surface area contributed by atoms with Crippen molar-refractivity contribution in [3.05, 3.63) is 107 Å². The van der Waals surface area contributed by atoms with Crippen LogP contribution < -0.4 is 31.6 Å². The molecule has 4 amide bonds. The first-order valence-corrected chi connectivity index (χ1v) is 24.7. The number of allylic oxidation sites excluding steroid dienone is 1. The van der Waals surface area contributed by atoms with Gasteiger partial charge >= 0.3 is 24.9 Å². The maximum Gasteiger partial charge on any atom is 0.407 e. The molecule has 2 aromatic carbocycles. The fraction of sp³-hybridized carbons (Fsp3) is 0.509. The van der Waals surface area contributed by atoms with E-state index in [2.05, 4.69) is 42.4 Å². The normalized spacial score (nSPS) is 18.6. The van der Waals surface area contributed by atoms with E-state index in [0.717, 1.165) is 85.3 Å². The molecule has 7 N–H and O–H groups in total. The van der Waals surface area contributed by atoms with Gasteiger partial charge in [-0.1, -0.05) is 69.0 Å². The van der Waals surface area contributed by atoms with Crippen LogP contribution in [-0.4, -0.2) is 152 Å². The van der Waals surface area contributed by atoms with Crippen molar-refractivity contribution in [2.24, 2.45) is 10.8 Å². The lowest BCUT2D eigenvalue weighted by Crippen LogP contribution is -2.63. The Morgan fingerprint density at radius 2 is 1.41 bits per heavy atom. The van der Waals surface area contributed by atoms with Crippen molar-refractivity contribution in [2.75, 3.05) is 52.0 Å². The van der Waals surface area contributed by atoms with Crippen LogP contribution in [0.3, 0.4) is 0 Å². The molecule has 18 nitrogen and oxygen atoms in total. The maximum absolute atomic E-state index is 14.6. The Labute approximate surface area is 438 Å². The van der Waals surface area contributed by atoms with Gasteiger partial charge in [-0.05, 0) is 85.6 Å². The second-order valence-electron chi connectivity index (χ2n) is 20.7. The van der Waals surface area contributed by atoms with Crippen LogP contribution in [0.5, 0.6) is 0 Å². The molecule has 2 bridgehead atoms. The number of aliphatic hydroxyl groups excluding tert-OH is 1. The van der Waals surface area contributed by atoms with Gasteiger partial charge in [0.2, 0.25) is 5.91 Å². The number of piperazine rings is 1. The summed E-state index contributed by atoms with van der Waals surface area (Å²) in [6.45, 7) is 6.39.